The van der Waals surface area contributed by atoms with Gasteiger partial charge in [-0.25, -0.2) is 0 Å². The Labute approximate surface area is 179 Å². The maximum absolute atomic E-state index is 6.17. The summed E-state index contributed by atoms with van der Waals surface area (Å²) in [5, 5.41) is 7.50. The molecule has 0 amide bonds. The van der Waals surface area contributed by atoms with E-state index in [0.29, 0.717) is 37.4 Å². The quantitative estimate of drug-likeness (QED) is 0.304. The van der Waals surface area contributed by atoms with Crippen molar-refractivity contribution in [2.24, 2.45) is 4.99 Å². The van der Waals surface area contributed by atoms with Gasteiger partial charge in [-0.1, -0.05) is 24.9 Å². The smallest absolute Gasteiger partial charge is 0.191 e. The Kier molecular flexibility index (Phi) is 11.0. The molecule has 1 aliphatic heterocycles. The molecule has 1 unspecified atom stereocenters. The second-order valence-corrected chi connectivity index (χ2v) is 7.41. The standard InChI is InChI=1S/C21H35ClN4O3/c1-4-5-11-28-13-14-29-12-9-24-21(23-2)25-18-8-10-26(16-18)19-15-17(22)6-7-20(19)27-3/h6-7,15,18H,4-5,8-14,16H2,1-3H3,(H2,23,24,25). The van der Waals surface area contributed by atoms with E-state index >= 15 is 0 Å². The van der Waals surface area contributed by atoms with E-state index in [2.05, 4.69) is 27.4 Å². The third-order valence-electron chi connectivity index (χ3n) is 4.79. The van der Waals surface area contributed by atoms with Crippen molar-refractivity contribution in [3.05, 3.63) is 23.2 Å². The van der Waals surface area contributed by atoms with E-state index in [1.54, 1.807) is 14.2 Å². The summed E-state index contributed by atoms with van der Waals surface area (Å²) in [6.07, 6.45) is 3.27. The van der Waals surface area contributed by atoms with E-state index in [1.165, 1.54) is 0 Å². The van der Waals surface area contributed by atoms with Crippen molar-refractivity contribution in [3.8, 4) is 5.75 Å². The predicted octanol–water partition coefficient (Wildman–Crippen LogP) is 2.93. The van der Waals surface area contributed by atoms with Crippen molar-refractivity contribution in [2.75, 3.05) is 65.1 Å². The Morgan fingerprint density at radius 2 is 2.03 bits per heavy atom. The molecular weight excluding hydrogens is 392 g/mol. The van der Waals surface area contributed by atoms with Crippen molar-refractivity contribution < 1.29 is 14.2 Å². The number of methoxy groups -OCH3 is 1. The van der Waals surface area contributed by atoms with Crippen LogP contribution in [0.4, 0.5) is 5.69 Å². The second-order valence-electron chi connectivity index (χ2n) is 6.97. The fourth-order valence-corrected chi connectivity index (χ4v) is 3.37. The second kappa shape index (κ2) is 13.5. The van der Waals surface area contributed by atoms with Crippen LogP contribution in [0.5, 0.6) is 5.75 Å². The zero-order valence-electron chi connectivity index (χ0n) is 17.9. The molecule has 2 rings (SSSR count). The van der Waals surface area contributed by atoms with Crippen LogP contribution in [-0.4, -0.2) is 72.2 Å². The number of aliphatic imine (C=N–C) groups is 1. The Hall–Kier alpha value is -1.70. The third kappa shape index (κ3) is 8.28. The van der Waals surface area contributed by atoms with Gasteiger partial charge in [-0.05, 0) is 31.0 Å². The SMILES string of the molecule is CCCCOCCOCCNC(=NC)NC1CCN(c2cc(Cl)ccc2OC)C1. The largest absolute Gasteiger partial charge is 0.495 e. The average molecular weight is 427 g/mol. The first-order chi connectivity index (χ1) is 14.2. The number of ether oxygens (including phenoxy) is 3. The maximum atomic E-state index is 6.17. The summed E-state index contributed by atoms with van der Waals surface area (Å²) >= 11 is 6.17. The number of guanidine groups is 1. The molecule has 8 heteroatoms. The average Bonchev–Trinajstić information content (AvgIpc) is 3.20. The van der Waals surface area contributed by atoms with Crippen molar-refractivity contribution in [3.63, 3.8) is 0 Å². The highest BCUT2D eigenvalue weighted by atomic mass is 35.5. The first kappa shape index (κ1) is 23.6. The van der Waals surface area contributed by atoms with Gasteiger partial charge in [0.2, 0.25) is 0 Å². The van der Waals surface area contributed by atoms with Gasteiger partial charge in [0.25, 0.3) is 0 Å². The topological polar surface area (TPSA) is 67.4 Å². The van der Waals surface area contributed by atoms with Gasteiger partial charge in [0.1, 0.15) is 5.75 Å². The van der Waals surface area contributed by atoms with Crippen LogP contribution in [0.1, 0.15) is 26.2 Å². The van der Waals surface area contributed by atoms with E-state index in [-0.39, 0.29) is 0 Å². The molecule has 7 nitrogen and oxygen atoms in total. The number of nitrogens with zero attached hydrogens (tertiary/aromatic N) is 2. The molecule has 29 heavy (non-hydrogen) atoms. The third-order valence-corrected chi connectivity index (χ3v) is 5.02. The van der Waals surface area contributed by atoms with Gasteiger partial charge in [0, 0.05) is 44.4 Å². The molecule has 0 radical (unpaired) electrons. The zero-order valence-corrected chi connectivity index (χ0v) is 18.6. The summed E-state index contributed by atoms with van der Waals surface area (Å²) < 4.78 is 16.5. The minimum atomic E-state index is 0.303. The Bertz CT molecular complexity index is 630. The lowest BCUT2D eigenvalue weighted by atomic mass is 10.2. The number of anilines is 1. The minimum Gasteiger partial charge on any atom is -0.495 e. The Morgan fingerprint density at radius 3 is 2.76 bits per heavy atom. The fourth-order valence-electron chi connectivity index (χ4n) is 3.21. The summed E-state index contributed by atoms with van der Waals surface area (Å²) in [6, 6.07) is 6.02. The molecule has 0 spiro atoms. The van der Waals surface area contributed by atoms with E-state index in [1.807, 2.05) is 18.2 Å². The summed E-state index contributed by atoms with van der Waals surface area (Å²) in [4.78, 5) is 6.60. The van der Waals surface area contributed by atoms with E-state index < -0.39 is 0 Å². The highest BCUT2D eigenvalue weighted by molar-refractivity contribution is 6.30. The molecule has 0 bridgehead atoms. The van der Waals surface area contributed by atoms with Gasteiger partial charge in [0.05, 0.1) is 32.6 Å². The fraction of sp³-hybridized carbons (Fsp3) is 0.667. The number of hydrogen-bond donors (Lipinski definition) is 2. The van der Waals surface area contributed by atoms with Crippen LogP contribution in [0.3, 0.4) is 0 Å². The van der Waals surface area contributed by atoms with Crippen LogP contribution in [0, 0.1) is 0 Å². The molecule has 164 valence electrons. The molecule has 0 aliphatic carbocycles. The molecule has 0 aromatic heterocycles. The van der Waals surface area contributed by atoms with Gasteiger partial charge in [-0.15, -0.1) is 0 Å². The van der Waals surface area contributed by atoms with Crippen molar-refractivity contribution >= 4 is 23.2 Å². The molecule has 1 aromatic rings. The predicted molar refractivity (Wildman–Crippen MR) is 120 cm³/mol. The molecule has 1 heterocycles. The van der Waals surface area contributed by atoms with Crippen LogP contribution >= 0.6 is 11.6 Å². The molecule has 1 atom stereocenters. The van der Waals surface area contributed by atoms with E-state index in [4.69, 9.17) is 25.8 Å². The van der Waals surface area contributed by atoms with E-state index in [9.17, 15) is 0 Å². The number of hydrogen-bond acceptors (Lipinski definition) is 5. The van der Waals surface area contributed by atoms with Crippen LogP contribution in [0.2, 0.25) is 5.02 Å². The highest BCUT2D eigenvalue weighted by Crippen LogP contribution is 2.33. The molecule has 1 aliphatic rings. The molecular formula is C21H35ClN4O3. The first-order valence-corrected chi connectivity index (χ1v) is 10.8. The number of unbranched alkanes of at least 4 members (excludes halogenated alkanes) is 1. The summed E-state index contributed by atoms with van der Waals surface area (Å²) in [5.74, 6) is 1.63. The summed E-state index contributed by atoms with van der Waals surface area (Å²) in [6.45, 7) is 7.36. The van der Waals surface area contributed by atoms with Crippen LogP contribution in [0.25, 0.3) is 0 Å². The van der Waals surface area contributed by atoms with Gasteiger partial charge in [0.15, 0.2) is 5.96 Å². The lowest BCUT2D eigenvalue weighted by molar-refractivity contribution is 0.0487. The molecule has 1 aromatic carbocycles. The molecule has 0 saturated carbocycles. The molecule has 1 fully saturated rings. The Morgan fingerprint density at radius 1 is 1.24 bits per heavy atom. The van der Waals surface area contributed by atoms with Crippen LogP contribution in [0.15, 0.2) is 23.2 Å². The monoisotopic (exact) mass is 426 g/mol. The summed E-state index contributed by atoms with van der Waals surface area (Å²) in [7, 11) is 3.47. The van der Waals surface area contributed by atoms with Crippen LogP contribution < -0.4 is 20.3 Å². The van der Waals surface area contributed by atoms with Crippen molar-refractivity contribution in [2.45, 2.75) is 32.2 Å². The highest BCUT2D eigenvalue weighted by Gasteiger charge is 2.25. The lowest BCUT2D eigenvalue weighted by Gasteiger charge is -2.22. The van der Waals surface area contributed by atoms with Crippen molar-refractivity contribution in [1.29, 1.82) is 0 Å². The van der Waals surface area contributed by atoms with Crippen LogP contribution in [-0.2, 0) is 9.47 Å². The molecule has 1 saturated heterocycles. The number of nitrogens with one attached hydrogen (secondary N) is 2. The van der Waals surface area contributed by atoms with Gasteiger partial charge < -0.3 is 29.7 Å². The van der Waals surface area contributed by atoms with Gasteiger partial charge in [-0.3, -0.25) is 4.99 Å². The maximum Gasteiger partial charge on any atom is 0.191 e. The normalized spacial score (nSPS) is 16.9. The Balaban J connectivity index is 1.67. The zero-order chi connectivity index (χ0) is 20.9. The lowest BCUT2D eigenvalue weighted by Crippen LogP contribution is -2.45. The van der Waals surface area contributed by atoms with Gasteiger partial charge >= 0.3 is 0 Å². The van der Waals surface area contributed by atoms with E-state index in [0.717, 1.165) is 56.4 Å². The number of benzene rings is 1. The van der Waals surface area contributed by atoms with Crippen molar-refractivity contribution in [1.82, 2.24) is 10.6 Å². The number of halogens is 1. The first-order valence-electron chi connectivity index (χ1n) is 10.4. The number of rotatable bonds is 12. The minimum absolute atomic E-state index is 0.303. The molecule has 2 N–H and O–H groups in total. The summed E-state index contributed by atoms with van der Waals surface area (Å²) in [5.41, 5.74) is 1.03. The van der Waals surface area contributed by atoms with Gasteiger partial charge in [-0.2, -0.15) is 0 Å².